The van der Waals surface area contributed by atoms with Gasteiger partial charge >= 0.3 is 0 Å². The zero-order chi connectivity index (χ0) is 12.8. The largest absolute Gasteiger partial charge is 0.396 e. The predicted molar refractivity (Wildman–Crippen MR) is 67.8 cm³/mol. The molecular weight excluding hydrogens is 230 g/mol. The van der Waals surface area contributed by atoms with Gasteiger partial charge in [0.1, 0.15) is 0 Å². The lowest BCUT2D eigenvalue weighted by atomic mass is 9.87. The molecule has 0 aromatic carbocycles. The fraction of sp³-hybridized carbons (Fsp3) is 0.692. The number of aryl methyl sites for hydroxylation is 1. The van der Waals surface area contributed by atoms with Gasteiger partial charge in [-0.15, -0.1) is 0 Å². The fourth-order valence-corrected chi connectivity index (χ4v) is 2.54. The van der Waals surface area contributed by atoms with Gasteiger partial charge in [-0.25, -0.2) is 4.98 Å². The Labute approximate surface area is 107 Å². The Balaban J connectivity index is 1.71. The third-order valence-electron chi connectivity index (χ3n) is 3.82. The number of carbonyl (C=O) groups is 1. The number of hydrogen-bond donors (Lipinski definition) is 2. The molecule has 1 amide bonds. The van der Waals surface area contributed by atoms with E-state index in [1.54, 1.807) is 12.5 Å². The molecule has 5 heteroatoms. The third-order valence-corrected chi connectivity index (χ3v) is 3.82. The van der Waals surface area contributed by atoms with Crippen LogP contribution in [0.4, 0.5) is 0 Å². The number of nitrogens with one attached hydrogen (secondary N) is 1. The zero-order valence-electron chi connectivity index (χ0n) is 10.6. The Bertz CT molecular complexity index is 370. The first-order valence-electron chi connectivity index (χ1n) is 6.57. The minimum atomic E-state index is -0.0648. The van der Waals surface area contributed by atoms with Crippen molar-refractivity contribution >= 4 is 5.91 Å². The molecule has 1 aromatic rings. The minimum Gasteiger partial charge on any atom is -0.396 e. The van der Waals surface area contributed by atoms with Crippen LogP contribution in [0.5, 0.6) is 0 Å². The monoisotopic (exact) mass is 251 g/mol. The summed E-state index contributed by atoms with van der Waals surface area (Å²) in [7, 11) is 0. The van der Waals surface area contributed by atoms with Crippen LogP contribution in [0.2, 0.25) is 0 Å². The van der Waals surface area contributed by atoms with Gasteiger partial charge in [0.25, 0.3) is 0 Å². The Kier molecular flexibility index (Phi) is 4.36. The molecule has 0 spiro atoms. The van der Waals surface area contributed by atoms with Crippen LogP contribution in [0.1, 0.15) is 32.1 Å². The molecule has 5 nitrogen and oxygen atoms in total. The molecule has 1 saturated carbocycles. The van der Waals surface area contributed by atoms with Gasteiger partial charge in [0, 0.05) is 37.3 Å². The van der Waals surface area contributed by atoms with Crippen LogP contribution < -0.4 is 5.32 Å². The molecule has 0 bridgehead atoms. The van der Waals surface area contributed by atoms with Crippen molar-refractivity contribution in [1.29, 1.82) is 0 Å². The Morgan fingerprint density at radius 1 is 1.44 bits per heavy atom. The normalized spacial score (nSPS) is 17.8. The molecule has 2 N–H and O–H groups in total. The lowest BCUT2D eigenvalue weighted by molar-refractivity contribution is -0.122. The van der Waals surface area contributed by atoms with E-state index in [1.807, 2.05) is 10.8 Å². The second-order valence-corrected chi connectivity index (χ2v) is 5.19. The van der Waals surface area contributed by atoms with Crippen molar-refractivity contribution in [2.45, 2.75) is 38.6 Å². The maximum Gasteiger partial charge on any atom is 0.221 e. The summed E-state index contributed by atoms with van der Waals surface area (Å²) in [6.07, 6.45) is 10.1. The second kappa shape index (κ2) is 6.00. The van der Waals surface area contributed by atoms with Gasteiger partial charge in [-0.05, 0) is 12.8 Å². The molecule has 0 aliphatic heterocycles. The van der Waals surface area contributed by atoms with Crippen LogP contribution >= 0.6 is 0 Å². The molecular formula is C13H21N3O2. The highest BCUT2D eigenvalue weighted by molar-refractivity contribution is 5.75. The molecule has 1 fully saturated rings. The summed E-state index contributed by atoms with van der Waals surface area (Å²) >= 11 is 0. The van der Waals surface area contributed by atoms with E-state index >= 15 is 0 Å². The van der Waals surface area contributed by atoms with Gasteiger partial charge in [0.2, 0.25) is 5.91 Å². The van der Waals surface area contributed by atoms with Crippen molar-refractivity contribution in [3.63, 3.8) is 0 Å². The van der Waals surface area contributed by atoms with Gasteiger partial charge in [0.15, 0.2) is 0 Å². The molecule has 0 unspecified atom stereocenters. The number of aliphatic hydroxyl groups excluding tert-OH is 1. The summed E-state index contributed by atoms with van der Waals surface area (Å²) in [4.78, 5) is 15.7. The Morgan fingerprint density at radius 2 is 2.22 bits per heavy atom. The smallest absolute Gasteiger partial charge is 0.221 e. The average molecular weight is 251 g/mol. The van der Waals surface area contributed by atoms with E-state index in [0.29, 0.717) is 19.5 Å². The molecule has 2 rings (SSSR count). The highest BCUT2D eigenvalue weighted by Crippen LogP contribution is 2.36. The minimum absolute atomic E-state index is 0.0448. The SMILES string of the molecule is O=C(CCn1ccnc1)NCC1(CO)CCCC1. The highest BCUT2D eigenvalue weighted by Gasteiger charge is 2.33. The van der Waals surface area contributed by atoms with E-state index in [2.05, 4.69) is 10.3 Å². The van der Waals surface area contributed by atoms with E-state index in [9.17, 15) is 9.90 Å². The van der Waals surface area contributed by atoms with Crippen molar-refractivity contribution in [2.75, 3.05) is 13.2 Å². The molecule has 0 radical (unpaired) electrons. The van der Waals surface area contributed by atoms with Crippen molar-refractivity contribution in [3.05, 3.63) is 18.7 Å². The lowest BCUT2D eigenvalue weighted by Gasteiger charge is -2.26. The van der Waals surface area contributed by atoms with Crippen molar-refractivity contribution in [1.82, 2.24) is 14.9 Å². The molecule has 100 valence electrons. The van der Waals surface area contributed by atoms with Gasteiger partial charge < -0.3 is 15.0 Å². The summed E-state index contributed by atoms with van der Waals surface area (Å²) in [5.74, 6) is 0.0448. The highest BCUT2D eigenvalue weighted by atomic mass is 16.3. The number of nitrogens with zero attached hydrogens (tertiary/aromatic N) is 2. The van der Waals surface area contributed by atoms with Crippen LogP contribution in [-0.2, 0) is 11.3 Å². The summed E-state index contributed by atoms with van der Waals surface area (Å²) in [6.45, 7) is 1.43. The van der Waals surface area contributed by atoms with Gasteiger partial charge in [-0.2, -0.15) is 0 Å². The summed E-state index contributed by atoms with van der Waals surface area (Å²) in [5, 5.41) is 12.4. The van der Waals surface area contributed by atoms with Gasteiger partial charge in [-0.3, -0.25) is 4.79 Å². The van der Waals surface area contributed by atoms with Crippen molar-refractivity contribution in [2.24, 2.45) is 5.41 Å². The molecule has 1 heterocycles. The quantitative estimate of drug-likeness (QED) is 0.790. The molecule has 1 aliphatic rings. The van der Waals surface area contributed by atoms with Crippen molar-refractivity contribution in [3.8, 4) is 0 Å². The third kappa shape index (κ3) is 3.32. The molecule has 1 aromatic heterocycles. The second-order valence-electron chi connectivity index (χ2n) is 5.19. The number of amides is 1. The molecule has 18 heavy (non-hydrogen) atoms. The summed E-state index contributed by atoms with van der Waals surface area (Å²) in [6, 6.07) is 0. The average Bonchev–Trinajstić information content (AvgIpc) is 3.06. The standard InChI is InChI=1S/C13H21N3O2/c17-10-13(4-1-2-5-13)9-15-12(18)3-7-16-8-6-14-11-16/h6,8,11,17H,1-5,7,9-10H2,(H,15,18). The maximum atomic E-state index is 11.7. The summed E-state index contributed by atoms with van der Waals surface area (Å²) < 4.78 is 1.89. The zero-order valence-corrected chi connectivity index (χ0v) is 10.6. The van der Waals surface area contributed by atoms with Crippen LogP contribution in [0.25, 0.3) is 0 Å². The van der Waals surface area contributed by atoms with Crippen LogP contribution in [-0.4, -0.2) is 33.7 Å². The number of rotatable bonds is 6. The topological polar surface area (TPSA) is 67.2 Å². The van der Waals surface area contributed by atoms with E-state index in [0.717, 1.165) is 25.7 Å². The van der Waals surface area contributed by atoms with E-state index in [-0.39, 0.29) is 17.9 Å². The van der Waals surface area contributed by atoms with Gasteiger partial charge in [0.05, 0.1) is 12.9 Å². The van der Waals surface area contributed by atoms with E-state index < -0.39 is 0 Å². The Hall–Kier alpha value is -1.36. The van der Waals surface area contributed by atoms with Crippen LogP contribution in [0.15, 0.2) is 18.7 Å². The van der Waals surface area contributed by atoms with Gasteiger partial charge in [-0.1, -0.05) is 12.8 Å². The predicted octanol–water partition coefficient (Wildman–Crippen LogP) is 0.942. The van der Waals surface area contributed by atoms with Crippen molar-refractivity contribution < 1.29 is 9.90 Å². The first-order chi connectivity index (χ1) is 8.74. The number of carbonyl (C=O) groups excluding carboxylic acids is 1. The molecule has 0 saturated heterocycles. The number of imidazole rings is 1. The number of aromatic nitrogens is 2. The van der Waals surface area contributed by atoms with Crippen LogP contribution in [0, 0.1) is 5.41 Å². The Morgan fingerprint density at radius 3 is 2.83 bits per heavy atom. The van der Waals surface area contributed by atoms with Crippen LogP contribution in [0.3, 0.4) is 0 Å². The molecule has 0 atom stereocenters. The molecule has 1 aliphatic carbocycles. The maximum absolute atomic E-state index is 11.7. The summed E-state index contributed by atoms with van der Waals surface area (Å²) in [5.41, 5.74) is -0.0648. The number of aliphatic hydroxyl groups is 1. The van der Waals surface area contributed by atoms with E-state index in [4.69, 9.17) is 0 Å². The fourth-order valence-electron chi connectivity index (χ4n) is 2.54. The number of hydrogen-bond acceptors (Lipinski definition) is 3. The van der Waals surface area contributed by atoms with E-state index in [1.165, 1.54) is 0 Å². The lowest BCUT2D eigenvalue weighted by Crippen LogP contribution is -2.38. The first kappa shape index (κ1) is 13.1. The first-order valence-corrected chi connectivity index (χ1v) is 6.57.